The van der Waals surface area contributed by atoms with Gasteiger partial charge in [-0.3, -0.25) is 14.3 Å². The lowest BCUT2D eigenvalue weighted by atomic mass is 10.2. The lowest BCUT2D eigenvalue weighted by molar-refractivity contribution is -0.00326. The first-order valence-corrected chi connectivity index (χ1v) is 7.82. The van der Waals surface area contributed by atoms with E-state index >= 15 is 0 Å². The van der Waals surface area contributed by atoms with E-state index in [1.807, 2.05) is 30.3 Å². The number of hydrogen-bond acceptors (Lipinski definition) is 5. The highest BCUT2D eigenvalue weighted by Crippen LogP contribution is 2.23. The van der Waals surface area contributed by atoms with Gasteiger partial charge in [0.15, 0.2) is 11.4 Å². The van der Waals surface area contributed by atoms with E-state index in [4.69, 9.17) is 9.47 Å². The number of carbonyl (C=O) groups excluding carboxylic acids is 1. The largest absolute Gasteiger partial charge is 0.482 e. The molecule has 0 aliphatic carbocycles. The molecule has 1 fully saturated rings. The molecule has 1 atom stereocenters. The Morgan fingerprint density at radius 1 is 1.21 bits per heavy atom. The van der Waals surface area contributed by atoms with E-state index in [9.17, 15) is 9.59 Å². The van der Waals surface area contributed by atoms with Crippen LogP contribution in [0.15, 0.2) is 47.4 Å². The Bertz CT molecular complexity index is 818. The molecule has 0 radical (unpaired) electrons. The third-order valence-electron chi connectivity index (χ3n) is 4.16. The minimum Gasteiger partial charge on any atom is -0.482 e. The average Bonchev–Trinajstić information content (AvgIpc) is 2.62. The van der Waals surface area contributed by atoms with Gasteiger partial charge in [0.05, 0.1) is 13.2 Å². The molecule has 2 aliphatic heterocycles. The second kappa shape index (κ2) is 6.01. The number of nitrogens with zero attached hydrogens (tertiary/aromatic N) is 2. The van der Waals surface area contributed by atoms with Crippen molar-refractivity contribution in [2.24, 2.45) is 0 Å². The van der Waals surface area contributed by atoms with Crippen LogP contribution in [0.3, 0.4) is 0 Å². The van der Waals surface area contributed by atoms with Crippen LogP contribution in [-0.2, 0) is 11.3 Å². The third-order valence-corrected chi connectivity index (χ3v) is 4.16. The molecule has 124 valence electrons. The smallest absolute Gasteiger partial charge is 0.278 e. The fourth-order valence-corrected chi connectivity index (χ4v) is 2.95. The van der Waals surface area contributed by atoms with Gasteiger partial charge >= 0.3 is 0 Å². The van der Waals surface area contributed by atoms with E-state index in [1.165, 1.54) is 6.07 Å². The molecule has 0 spiro atoms. The summed E-state index contributed by atoms with van der Waals surface area (Å²) in [5.41, 5.74) is 4.03. The van der Waals surface area contributed by atoms with Crippen molar-refractivity contribution in [3.63, 3.8) is 0 Å². The van der Waals surface area contributed by atoms with E-state index in [2.05, 4.69) is 5.43 Å². The molecule has 1 aromatic heterocycles. The van der Waals surface area contributed by atoms with Crippen molar-refractivity contribution in [1.29, 1.82) is 0 Å². The Morgan fingerprint density at radius 2 is 2.04 bits per heavy atom. The number of pyridine rings is 1. The number of benzene rings is 1. The first-order valence-electron chi connectivity index (χ1n) is 7.82. The summed E-state index contributed by atoms with van der Waals surface area (Å²) in [5, 5.41) is 0. The molecule has 0 bridgehead atoms. The molecule has 24 heavy (non-hydrogen) atoms. The maximum atomic E-state index is 12.8. The van der Waals surface area contributed by atoms with Crippen LogP contribution in [0.5, 0.6) is 5.75 Å². The molecule has 7 nitrogen and oxygen atoms in total. The Balaban J connectivity index is 1.68. The molecule has 3 heterocycles. The van der Waals surface area contributed by atoms with Crippen molar-refractivity contribution < 1.29 is 14.3 Å². The molecular formula is C17H17N3O4. The van der Waals surface area contributed by atoms with Crippen LogP contribution < -0.4 is 15.6 Å². The maximum Gasteiger partial charge on any atom is 0.278 e. The molecule has 1 saturated heterocycles. The number of hydrogen-bond donors (Lipinski definition) is 1. The summed E-state index contributed by atoms with van der Waals surface area (Å²) < 4.78 is 12.7. The average molecular weight is 327 g/mol. The van der Waals surface area contributed by atoms with E-state index in [0.717, 1.165) is 5.56 Å². The number of fused-ring (bicyclic) bond motifs is 2. The van der Waals surface area contributed by atoms with Gasteiger partial charge in [0.1, 0.15) is 12.8 Å². The summed E-state index contributed by atoms with van der Waals surface area (Å²) in [5.74, 6) is -0.147. The fraction of sp³-hybridized carbons (Fsp3) is 0.294. The minimum absolute atomic E-state index is 0.0730. The lowest BCUT2D eigenvalue weighted by Crippen LogP contribution is -2.59. The predicted octanol–water partition coefficient (Wildman–Crippen LogP) is 0.783. The summed E-state index contributed by atoms with van der Waals surface area (Å²) in [7, 11) is 0. The molecule has 2 aromatic rings. The highest BCUT2D eigenvalue weighted by molar-refractivity contribution is 5.96. The number of amides is 1. The van der Waals surface area contributed by atoms with Gasteiger partial charge in [-0.05, 0) is 5.56 Å². The number of carbonyl (C=O) groups is 1. The minimum atomic E-state index is -0.306. The Kier molecular flexibility index (Phi) is 3.70. The van der Waals surface area contributed by atoms with Crippen molar-refractivity contribution in [3.05, 3.63) is 64.1 Å². The van der Waals surface area contributed by atoms with Crippen LogP contribution in [0, 0.1) is 0 Å². The molecular weight excluding hydrogens is 310 g/mol. The summed E-state index contributed by atoms with van der Waals surface area (Å²) in [4.78, 5) is 26.8. The van der Waals surface area contributed by atoms with Gasteiger partial charge < -0.3 is 19.8 Å². The quantitative estimate of drug-likeness (QED) is 0.902. The van der Waals surface area contributed by atoms with Crippen molar-refractivity contribution in [2.45, 2.75) is 12.8 Å². The fourth-order valence-electron chi connectivity index (χ4n) is 2.95. The highest BCUT2D eigenvalue weighted by atomic mass is 16.5. The Hall–Kier alpha value is -2.80. The monoisotopic (exact) mass is 327 g/mol. The molecule has 1 aromatic carbocycles. The zero-order chi connectivity index (χ0) is 16.5. The van der Waals surface area contributed by atoms with E-state index in [1.54, 1.807) is 15.8 Å². The topological polar surface area (TPSA) is 72.8 Å². The Morgan fingerprint density at radius 3 is 2.88 bits per heavy atom. The summed E-state index contributed by atoms with van der Waals surface area (Å²) in [6.45, 7) is 1.61. The molecule has 1 unspecified atom stereocenters. The van der Waals surface area contributed by atoms with Crippen molar-refractivity contribution >= 4 is 5.91 Å². The van der Waals surface area contributed by atoms with E-state index < -0.39 is 0 Å². The second-order valence-electron chi connectivity index (χ2n) is 5.72. The number of ether oxygens (including phenoxy) is 2. The normalized spacial score (nSPS) is 19.2. The van der Waals surface area contributed by atoms with Crippen LogP contribution in [0.1, 0.15) is 16.1 Å². The SMILES string of the molecule is O=C1c2c(OCc3ccccc3)c(=O)ccn2NC2COCCN12. The molecule has 0 saturated carbocycles. The number of aromatic nitrogens is 1. The van der Waals surface area contributed by atoms with Crippen molar-refractivity contribution in [3.8, 4) is 5.75 Å². The second-order valence-corrected chi connectivity index (χ2v) is 5.72. The number of morpholine rings is 1. The predicted molar refractivity (Wildman–Crippen MR) is 86.5 cm³/mol. The molecule has 1 amide bonds. The van der Waals surface area contributed by atoms with Gasteiger partial charge in [-0.2, -0.15) is 0 Å². The standard InChI is InChI=1S/C17H17N3O4/c21-13-6-7-20-15(16(13)24-10-12-4-2-1-3-5-12)17(22)19-8-9-23-11-14(19)18-20/h1-7,14,18H,8-11H2. The van der Waals surface area contributed by atoms with E-state index in [0.29, 0.717) is 19.8 Å². The van der Waals surface area contributed by atoms with Gasteiger partial charge in [0, 0.05) is 18.8 Å². The first-order chi connectivity index (χ1) is 11.7. The van der Waals surface area contributed by atoms with Crippen molar-refractivity contribution in [2.75, 3.05) is 25.2 Å². The zero-order valence-corrected chi connectivity index (χ0v) is 13.0. The zero-order valence-electron chi connectivity index (χ0n) is 13.0. The van der Waals surface area contributed by atoms with Gasteiger partial charge in [-0.25, -0.2) is 0 Å². The Labute approximate surface area is 138 Å². The van der Waals surface area contributed by atoms with Crippen LogP contribution in [0.4, 0.5) is 0 Å². The summed E-state index contributed by atoms with van der Waals surface area (Å²) >= 11 is 0. The van der Waals surface area contributed by atoms with Gasteiger partial charge in [0.2, 0.25) is 5.43 Å². The highest BCUT2D eigenvalue weighted by Gasteiger charge is 2.36. The van der Waals surface area contributed by atoms with Crippen LogP contribution in [0.2, 0.25) is 0 Å². The van der Waals surface area contributed by atoms with Gasteiger partial charge in [-0.1, -0.05) is 30.3 Å². The first kappa shape index (κ1) is 14.8. The molecule has 7 heteroatoms. The van der Waals surface area contributed by atoms with Crippen LogP contribution in [0.25, 0.3) is 0 Å². The number of rotatable bonds is 3. The summed E-state index contributed by atoms with van der Waals surface area (Å²) in [6, 6.07) is 10.9. The van der Waals surface area contributed by atoms with Crippen LogP contribution in [-0.4, -0.2) is 41.4 Å². The third kappa shape index (κ3) is 2.52. The van der Waals surface area contributed by atoms with E-state index in [-0.39, 0.29) is 35.6 Å². The van der Waals surface area contributed by atoms with Gasteiger partial charge in [0.25, 0.3) is 5.91 Å². The molecule has 4 rings (SSSR count). The number of nitrogens with one attached hydrogen (secondary N) is 1. The van der Waals surface area contributed by atoms with Crippen LogP contribution >= 0.6 is 0 Å². The molecule has 2 aliphatic rings. The molecule has 1 N–H and O–H groups in total. The summed E-state index contributed by atoms with van der Waals surface area (Å²) in [6.07, 6.45) is 1.32. The van der Waals surface area contributed by atoms with Gasteiger partial charge in [-0.15, -0.1) is 0 Å². The lowest BCUT2D eigenvalue weighted by Gasteiger charge is -2.41. The maximum absolute atomic E-state index is 12.8. The van der Waals surface area contributed by atoms with Crippen molar-refractivity contribution in [1.82, 2.24) is 9.58 Å².